The number of aromatic nitrogens is 3. The van der Waals surface area contributed by atoms with E-state index in [1.807, 2.05) is 11.8 Å². The number of methoxy groups -OCH3 is 1. The summed E-state index contributed by atoms with van der Waals surface area (Å²) in [6.45, 7) is 5.94. The Morgan fingerprint density at radius 2 is 1.96 bits per heavy atom. The molecule has 4 rings (SSSR count). The van der Waals surface area contributed by atoms with Gasteiger partial charge in [-0.1, -0.05) is 56.3 Å². The second kappa shape index (κ2) is 8.02. The minimum Gasteiger partial charge on any atom is -0.380 e. The topological polar surface area (TPSA) is 49.2 Å². The molecule has 1 aromatic heterocycles. The summed E-state index contributed by atoms with van der Waals surface area (Å²) in [6, 6.07) is 14.9. The second-order valence-corrected chi connectivity index (χ2v) is 8.45. The van der Waals surface area contributed by atoms with Crippen LogP contribution in [-0.4, -0.2) is 34.1 Å². The lowest BCUT2D eigenvalue weighted by atomic mass is 9.68. The van der Waals surface area contributed by atoms with E-state index in [2.05, 4.69) is 66.4 Å². The molecule has 0 bridgehead atoms. The fraction of sp³-hybridized carbons (Fsp3) is 0.478. The SMILES string of the molecule is COC1C(Cn2cncn2)C(OCc2cccc3ccccc23)CCC1(C)C. The highest BCUT2D eigenvalue weighted by Crippen LogP contribution is 2.43. The first-order valence-corrected chi connectivity index (χ1v) is 10.0. The molecule has 1 heterocycles. The smallest absolute Gasteiger partial charge is 0.137 e. The zero-order chi connectivity index (χ0) is 19.6. The molecule has 0 N–H and O–H groups in total. The third kappa shape index (κ3) is 3.82. The van der Waals surface area contributed by atoms with Crippen molar-refractivity contribution in [3.05, 3.63) is 60.7 Å². The average Bonchev–Trinajstić information content (AvgIpc) is 3.20. The Bertz CT molecular complexity index is 902. The molecule has 2 aromatic carbocycles. The van der Waals surface area contributed by atoms with Crippen molar-refractivity contribution in [3.8, 4) is 0 Å². The van der Waals surface area contributed by atoms with E-state index in [0.29, 0.717) is 6.61 Å². The highest BCUT2D eigenvalue weighted by Gasteiger charge is 2.45. The van der Waals surface area contributed by atoms with Crippen LogP contribution in [0.25, 0.3) is 10.8 Å². The van der Waals surface area contributed by atoms with Crippen LogP contribution in [0.1, 0.15) is 32.3 Å². The van der Waals surface area contributed by atoms with Gasteiger partial charge in [0.15, 0.2) is 0 Å². The first kappa shape index (κ1) is 19.1. The van der Waals surface area contributed by atoms with Crippen LogP contribution in [0.5, 0.6) is 0 Å². The summed E-state index contributed by atoms with van der Waals surface area (Å²) in [6.07, 6.45) is 5.71. The van der Waals surface area contributed by atoms with Gasteiger partial charge in [0, 0.05) is 13.0 Å². The van der Waals surface area contributed by atoms with E-state index in [9.17, 15) is 0 Å². The van der Waals surface area contributed by atoms with Crippen LogP contribution in [-0.2, 0) is 22.6 Å². The molecule has 148 valence electrons. The van der Waals surface area contributed by atoms with Crippen LogP contribution in [0.15, 0.2) is 55.1 Å². The van der Waals surface area contributed by atoms with Crippen LogP contribution in [0.2, 0.25) is 0 Å². The van der Waals surface area contributed by atoms with Crippen LogP contribution in [0, 0.1) is 11.3 Å². The molecular weight excluding hydrogens is 350 g/mol. The fourth-order valence-corrected chi connectivity index (χ4v) is 4.72. The minimum absolute atomic E-state index is 0.110. The molecule has 1 saturated carbocycles. The highest BCUT2D eigenvalue weighted by molar-refractivity contribution is 5.85. The Balaban J connectivity index is 1.55. The quantitative estimate of drug-likeness (QED) is 0.634. The van der Waals surface area contributed by atoms with Crippen molar-refractivity contribution in [2.75, 3.05) is 7.11 Å². The molecule has 0 saturated heterocycles. The monoisotopic (exact) mass is 379 g/mol. The predicted molar refractivity (Wildman–Crippen MR) is 110 cm³/mol. The molecule has 5 nitrogen and oxygen atoms in total. The maximum absolute atomic E-state index is 6.52. The number of fused-ring (bicyclic) bond motifs is 1. The lowest BCUT2D eigenvalue weighted by Crippen LogP contribution is -2.50. The van der Waals surface area contributed by atoms with Crippen LogP contribution in [0.3, 0.4) is 0 Å². The average molecular weight is 380 g/mol. The summed E-state index contributed by atoms with van der Waals surface area (Å²) in [7, 11) is 1.81. The lowest BCUT2D eigenvalue weighted by Gasteiger charge is -2.46. The van der Waals surface area contributed by atoms with E-state index >= 15 is 0 Å². The maximum Gasteiger partial charge on any atom is 0.137 e. The van der Waals surface area contributed by atoms with Crippen LogP contribution in [0.4, 0.5) is 0 Å². The zero-order valence-corrected chi connectivity index (χ0v) is 16.9. The number of nitrogens with zero attached hydrogens (tertiary/aromatic N) is 3. The predicted octanol–water partition coefficient (Wildman–Crippen LogP) is 4.47. The third-order valence-electron chi connectivity index (χ3n) is 6.16. The molecule has 1 aliphatic rings. The van der Waals surface area contributed by atoms with E-state index in [-0.39, 0.29) is 23.5 Å². The van der Waals surface area contributed by atoms with Gasteiger partial charge in [0.2, 0.25) is 0 Å². The zero-order valence-electron chi connectivity index (χ0n) is 16.9. The highest BCUT2D eigenvalue weighted by atomic mass is 16.5. The van der Waals surface area contributed by atoms with Crippen molar-refractivity contribution in [1.82, 2.24) is 14.8 Å². The van der Waals surface area contributed by atoms with Crippen molar-refractivity contribution in [1.29, 1.82) is 0 Å². The Morgan fingerprint density at radius 3 is 2.75 bits per heavy atom. The Labute approximate surface area is 166 Å². The second-order valence-electron chi connectivity index (χ2n) is 8.45. The van der Waals surface area contributed by atoms with Gasteiger partial charge in [-0.3, -0.25) is 4.68 Å². The number of rotatable bonds is 6. The Morgan fingerprint density at radius 1 is 1.14 bits per heavy atom. The molecule has 5 heteroatoms. The van der Waals surface area contributed by atoms with E-state index in [1.54, 1.807) is 12.7 Å². The van der Waals surface area contributed by atoms with E-state index in [1.165, 1.54) is 16.3 Å². The summed E-state index contributed by atoms with van der Waals surface area (Å²) >= 11 is 0. The standard InChI is InChI=1S/C23H29N3O2/c1-23(2)12-11-21(20(22(23)27-3)13-26-16-24-15-25-26)28-14-18-9-6-8-17-7-4-5-10-19(17)18/h4-10,15-16,20-22H,11-14H2,1-3H3. The van der Waals surface area contributed by atoms with Crippen molar-refractivity contribution in [3.63, 3.8) is 0 Å². The van der Waals surface area contributed by atoms with Gasteiger partial charge in [-0.15, -0.1) is 0 Å². The number of benzene rings is 2. The molecule has 0 aliphatic heterocycles. The first-order chi connectivity index (χ1) is 13.6. The van der Waals surface area contributed by atoms with E-state index < -0.39 is 0 Å². The number of hydrogen-bond donors (Lipinski definition) is 0. The van der Waals surface area contributed by atoms with Crippen molar-refractivity contribution in [2.45, 2.75) is 52.0 Å². The van der Waals surface area contributed by atoms with Gasteiger partial charge in [0.25, 0.3) is 0 Å². The maximum atomic E-state index is 6.52. The van der Waals surface area contributed by atoms with Gasteiger partial charge in [-0.05, 0) is 34.6 Å². The van der Waals surface area contributed by atoms with Gasteiger partial charge in [-0.25, -0.2) is 4.98 Å². The Hall–Kier alpha value is -2.24. The summed E-state index contributed by atoms with van der Waals surface area (Å²) in [5.41, 5.74) is 1.34. The van der Waals surface area contributed by atoms with Crippen molar-refractivity contribution < 1.29 is 9.47 Å². The largest absolute Gasteiger partial charge is 0.380 e. The lowest BCUT2D eigenvalue weighted by molar-refractivity contribution is -0.140. The normalized spacial score (nSPS) is 24.5. The van der Waals surface area contributed by atoms with Gasteiger partial charge in [0.05, 0.1) is 25.4 Å². The molecule has 1 fully saturated rings. The molecule has 0 radical (unpaired) electrons. The third-order valence-corrected chi connectivity index (χ3v) is 6.16. The Kier molecular flexibility index (Phi) is 5.47. The van der Waals surface area contributed by atoms with Gasteiger partial charge in [-0.2, -0.15) is 5.10 Å². The molecule has 3 atom stereocenters. The molecule has 3 unspecified atom stereocenters. The molecular formula is C23H29N3O2. The molecule has 0 amide bonds. The summed E-state index contributed by atoms with van der Waals surface area (Å²) in [5, 5.41) is 6.83. The number of hydrogen-bond acceptors (Lipinski definition) is 4. The molecule has 3 aromatic rings. The van der Waals surface area contributed by atoms with Crippen LogP contribution < -0.4 is 0 Å². The van der Waals surface area contributed by atoms with Gasteiger partial charge in [0.1, 0.15) is 12.7 Å². The molecule has 28 heavy (non-hydrogen) atoms. The minimum atomic E-state index is 0.110. The number of ether oxygens (including phenoxy) is 2. The first-order valence-electron chi connectivity index (χ1n) is 10.0. The summed E-state index contributed by atoms with van der Waals surface area (Å²) < 4.78 is 14.4. The summed E-state index contributed by atoms with van der Waals surface area (Å²) in [5.74, 6) is 0.227. The van der Waals surface area contributed by atoms with Gasteiger partial charge < -0.3 is 9.47 Å². The molecule has 0 spiro atoms. The van der Waals surface area contributed by atoms with E-state index in [4.69, 9.17) is 9.47 Å². The fourth-order valence-electron chi connectivity index (χ4n) is 4.72. The summed E-state index contributed by atoms with van der Waals surface area (Å²) in [4.78, 5) is 4.10. The van der Waals surface area contributed by atoms with Gasteiger partial charge >= 0.3 is 0 Å². The molecule has 1 aliphatic carbocycles. The van der Waals surface area contributed by atoms with Crippen molar-refractivity contribution >= 4 is 10.8 Å². The van der Waals surface area contributed by atoms with E-state index in [0.717, 1.165) is 19.4 Å². The van der Waals surface area contributed by atoms with Crippen molar-refractivity contribution in [2.24, 2.45) is 11.3 Å². The van der Waals surface area contributed by atoms with Crippen LogP contribution >= 0.6 is 0 Å².